The van der Waals surface area contributed by atoms with Crippen LogP contribution in [0.5, 0.6) is 0 Å². The van der Waals surface area contributed by atoms with E-state index in [0.29, 0.717) is 0 Å². The first-order valence-electron chi connectivity index (χ1n) is 6.72. The van der Waals surface area contributed by atoms with Gasteiger partial charge in [-0.1, -0.05) is 13.8 Å². The highest BCUT2D eigenvalue weighted by Gasteiger charge is 2.22. The molecule has 0 bridgehead atoms. The Morgan fingerprint density at radius 1 is 1.53 bits per heavy atom. The summed E-state index contributed by atoms with van der Waals surface area (Å²) in [6.45, 7) is 9.05. The van der Waals surface area contributed by atoms with Crippen molar-refractivity contribution in [2.45, 2.75) is 39.3 Å². The molecule has 1 aromatic heterocycles. The van der Waals surface area contributed by atoms with Crippen LogP contribution in [0.1, 0.15) is 38.4 Å². The molecule has 2 N–H and O–H groups in total. The van der Waals surface area contributed by atoms with E-state index in [1.54, 1.807) is 0 Å². The lowest BCUT2D eigenvalue weighted by molar-refractivity contribution is 0.331. The molecule has 1 saturated heterocycles. The topological polar surface area (TPSA) is 47.1 Å². The smallest absolute Gasteiger partial charge is 0.0948 e. The van der Waals surface area contributed by atoms with E-state index in [4.69, 9.17) is 5.73 Å². The number of nitrogens with zero attached hydrogens (tertiary/aromatic N) is 3. The molecule has 1 aliphatic rings. The lowest BCUT2D eigenvalue weighted by Crippen LogP contribution is -2.22. The highest BCUT2D eigenvalue weighted by molar-refractivity contribution is 5.04. The minimum Gasteiger partial charge on any atom is -0.333 e. The maximum atomic E-state index is 6.10. The molecular formula is C13H24N4. The summed E-state index contributed by atoms with van der Waals surface area (Å²) in [5, 5.41) is 0. The second-order valence-corrected chi connectivity index (χ2v) is 5.03. The van der Waals surface area contributed by atoms with Crippen LogP contribution in [-0.2, 0) is 6.54 Å². The fourth-order valence-electron chi connectivity index (χ4n) is 2.63. The minimum absolute atomic E-state index is 0.126. The number of likely N-dealkylation sites (tertiary alicyclic amines) is 1. The average Bonchev–Trinajstić information content (AvgIpc) is 2.97. The zero-order chi connectivity index (χ0) is 12.3. The Balaban J connectivity index is 1.97. The highest BCUT2D eigenvalue weighted by Crippen LogP contribution is 2.20. The third-order valence-corrected chi connectivity index (χ3v) is 3.84. The second kappa shape index (κ2) is 5.65. The molecule has 2 rings (SSSR count). The van der Waals surface area contributed by atoms with Crippen LogP contribution in [-0.4, -0.2) is 34.1 Å². The van der Waals surface area contributed by atoms with E-state index in [2.05, 4.69) is 28.3 Å². The van der Waals surface area contributed by atoms with Crippen molar-refractivity contribution >= 4 is 0 Å². The van der Waals surface area contributed by atoms with Gasteiger partial charge in [0.05, 0.1) is 12.0 Å². The predicted octanol–water partition coefficient (Wildman–Crippen LogP) is 1.63. The van der Waals surface area contributed by atoms with Gasteiger partial charge in [-0.3, -0.25) is 0 Å². The van der Waals surface area contributed by atoms with Crippen molar-refractivity contribution in [1.29, 1.82) is 0 Å². The summed E-state index contributed by atoms with van der Waals surface area (Å²) in [6, 6.07) is 0.126. The molecule has 0 spiro atoms. The molecule has 2 atom stereocenters. The SMILES string of the molecule is CC[C@@H](N)c1cncn1CC1CCN(CC)C1. The number of hydrogen-bond acceptors (Lipinski definition) is 3. The van der Waals surface area contributed by atoms with Crippen LogP contribution in [0.4, 0.5) is 0 Å². The molecule has 4 nitrogen and oxygen atoms in total. The van der Waals surface area contributed by atoms with E-state index in [0.717, 1.165) is 18.9 Å². The van der Waals surface area contributed by atoms with Crippen LogP contribution in [0.3, 0.4) is 0 Å². The van der Waals surface area contributed by atoms with Crippen LogP contribution in [0, 0.1) is 5.92 Å². The van der Waals surface area contributed by atoms with Gasteiger partial charge in [-0.05, 0) is 31.8 Å². The van der Waals surface area contributed by atoms with E-state index < -0.39 is 0 Å². The molecule has 17 heavy (non-hydrogen) atoms. The Bertz CT molecular complexity index is 347. The number of nitrogens with two attached hydrogens (primary N) is 1. The number of aromatic nitrogens is 2. The standard InChI is InChI=1S/C13H24N4/c1-3-12(14)13-7-15-10-17(13)9-11-5-6-16(4-2)8-11/h7,10-12H,3-6,8-9,14H2,1-2H3/t11?,12-/m1/s1. The lowest BCUT2D eigenvalue weighted by Gasteiger charge is -2.17. The van der Waals surface area contributed by atoms with Crippen molar-refractivity contribution in [3.05, 3.63) is 18.2 Å². The first-order valence-corrected chi connectivity index (χ1v) is 6.72. The third kappa shape index (κ3) is 2.87. The van der Waals surface area contributed by atoms with E-state index in [9.17, 15) is 0 Å². The van der Waals surface area contributed by atoms with Crippen LogP contribution < -0.4 is 5.73 Å². The molecule has 0 saturated carbocycles. The van der Waals surface area contributed by atoms with Gasteiger partial charge in [-0.25, -0.2) is 4.98 Å². The molecule has 0 aromatic carbocycles. The van der Waals surface area contributed by atoms with Crippen LogP contribution >= 0.6 is 0 Å². The number of rotatable bonds is 5. The summed E-state index contributed by atoms with van der Waals surface area (Å²) in [6.07, 6.45) is 6.12. The first kappa shape index (κ1) is 12.6. The summed E-state index contributed by atoms with van der Waals surface area (Å²) in [5.74, 6) is 0.756. The number of imidazole rings is 1. The minimum atomic E-state index is 0.126. The van der Waals surface area contributed by atoms with Gasteiger partial charge in [0.1, 0.15) is 0 Å². The van der Waals surface area contributed by atoms with Gasteiger partial charge in [-0.15, -0.1) is 0 Å². The van der Waals surface area contributed by atoms with E-state index in [1.165, 1.54) is 31.7 Å². The number of hydrogen-bond donors (Lipinski definition) is 1. The molecule has 0 radical (unpaired) electrons. The van der Waals surface area contributed by atoms with Gasteiger partial charge in [0.15, 0.2) is 0 Å². The molecule has 0 aliphatic carbocycles. The fraction of sp³-hybridized carbons (Fsp3) is 0.769. The van der Waals surface area contributed by atoms with E-state index in [-0.39, 0.29) is 6.04 Å². The highest BCUT2D eigenvalue weighted by atomic mass is 15.2. The third-order valence-electron chi connectivity index (χ3n) is 3.84. The summed E-state index contributed by atoms with van der Waals surface area (Å²) in [5.41, 5.74) is 7.28. The summed E-state index contributed by atoms with van der Waals surface area (Å²) < 4.78 is 2.25. The summed E-state index contributed by atoms with van der Waals surface area (Å²) in [7, 11) is 0. The van der Waals surface area contributed by atoms with Gasteiger partial charge >= 0.3 is 0 Å². The molecule has 2 heterocycles. The van der Waals surface area contributed by atoms with Crippen LogP contribution in [0.15, 0.2) is 12.5 Å². The maximum Gasteiger partial charge on any atom is 0.0948 e. The van der Waals surface area contributed by atoms with Crippen molar-refractivity contribution in [1.82, 2.24) is 14.5 Å². The van der Waals surface area contributed by atoms with Crippen LogP contribution in [0.25, 0.3) is 0 Å². The summed E-state index contributed by atoms with van der Waals surface area (Å²) in [4.78, 5) is 6.76. The van der Waals surface area contributed by atoms with Crippen LogP contribution in [0.2, 0.25) is 0 Å². The molecule has 1 aliphatic heterocycles. The monoisotopic (exact) mass is 236 g/mol. The Kier molecular flexibility index (Phi) is 4.18. The molecule has 1 unspecified atom stereocenters. The normalized spacial score (nSPS) is 23.1. The average molecular weight is 236 g/mol. The molecule has 1 aromatic rings. The Labute approximate surface area is 104 Å². The maximum absolute atomic E-state index is 6.10. The molecule has 4 heteroatoms. The van der Waals surface area contributed by atoms with Gasteiger partial charge in [0.25, 0.3) is 0 Å². The van der Waals surface area contributed by atoms with Gasteiger partial charge < -0.3 is 15.2 Å². The molecule has 1 fully saturated rings. The van der Waals surface area contributed by atoms with Crippen molar-refractivity contribution in [2.24, 2.45) is 11.7 Å². The van der Waals surface area contributed by atoms with Crippen molar-refractivity contribution in [3.8, 4) is 0 Å². The zero-order valence-corrected chi connectivity index (χ0v) is 11.0. The van der Waals surface area contributed by atoms with E-state index >= 15 is 0 Å². The van der Waals surface area contributed by atoms with Crippen molar-refractivity contribution in [2.75, 3.05) is 19.6 Å². The van der Waals surface area contributed by atoms with Crippen molar-refractivity contribution in [3.63, 3.8) is 0 Å². The fourth-order valence-corrected chi connectivity index (χ4v) is 2.63. The first-order chi connectivity index (χ1) is 8.24. The van der Waals surface area contributed by atoms with Gasteiger partial charge in [0.2, 0.25) is 0 Å². The lowest BCUT2D eigenvalue weighted by atomic mass is 10.1. The molecule has 96 valence electrons. The zero-order valence-electron chi connectivity index (χ0n) is 11.0. The van der Waals surface area contributed by atoms with Gasteiger partial charge in [-0.2, -0.15) is 0 Å². The molecular weight excluding hydrogens is 212 g/mol. The Morgan fingerprint density at radius 2 is 2.35 bits per heavy atom. The van der Waals surface area contributed by atoms with Crippen molar-refractivity contribution < 1.29 is 0 Å². The Morgan fingerprint density at radius 3 is 3.00 bits per heavy atom. The Hall–Kier alpha value is -0.870. The van der Waals surface area contributed by atoms with E-state index in [1.807, 2.05) is 12.5 Å². The quantitative estimate of drug-likeness (QED) is 0.845. The predicted molar refractivity (Wildman–Crippen MR) is 69.7 cm³/mol. The van der Waals surface area contributed by atoms with Gasteiger partial charge in [0, 0.05) is 25.3 Å². The summed E-state index contributed by atoms with van der Waals surface area (Å²) >= 11 is 0. The largest absolute Gasteiger partial charge is 0.333 e. The second-order valence-electron chi connectivity index (χ2n) is 5.03. The molecule has 0 amide bonds.